The first-order valence-electron chi connectivity index (χ1n) is 2.80. The molecule has 0 bridgehead atoms. The van der Waals surface area contributed by atoms with Crippen LogP contribution in [0.25, 0.3) is 0 Å². The Hall–Kier alpha value is -1.38. The van der Waals surface area contributed by atoms with Gasteiger partial charge >= 0.3 is 6.73 Å². The molecule has 48 valence electrons. The lowest BCUT2D eigenvalue weighted by Gasteiger charge is -2.00. The van der Waals surface area contributed by atoms with Gasteiger partial charge in [0.15, 0.2) is 11.5 Å². The molecular weight excluding hydrogens is 130 g/mol. The number of allylic oxidation sites excluding steroid dienone is 4. The van der Waals surface area contributed by atoms with Crippen LogP contribution in [0.2, 0.25) is 0 Å². The van der Waals surface area contributed by atoms with Gasteiger partial charge in [-0.05, 0) is 12.2 Å². The van der Waals surface area contributed by atoms with E-state index in [4.69, 9.17) is 4.74 Å². The average Bonchev–Trinajstić information content (AvgIpc) is 2.36. The van der Waals surface area contributed by atoms with E-state index in [1.807, 2.05) is 0 Å². The Morgan fingerprint density at radius 2 is 2.50 bits per heavy atom. The van der Waals surface area contributed by atoms with Gasteiger partial charge in [0, 0.05) is 0 Å². The van der Waals surface area contributed by atoms with Crippen LogP contribution >= 0.6 is 0 Å². The van der Waals surface area contributed by atoms with Crippen LogP contribution in [0.1, 0.15) is 0 Å². The minimum absolute atomic E-state index is 0.123. The van der Waals surface area contributed by atoms with Crippen molar-refractivity contribution in [1.82, 2.24) is 0 Å². The first-order chi connectivity index (χ1) is 4.88. The second-order valence-corrected chi connectivity index (χ2v) is 1.91. The summed E-state index contributed by atoms with van der Waals surface area (Å²) in [6, 6.07) is 0. The summed E-state index contributed by atoms with van der Waals surface area (Å²) in [5, 5.41) is 0. The summed E-state index contributed by atoms with van der Waals surface area (Å²) in [5.41, 5.74) is 0.350. The van der Waals surface area contributed by atoms with Gasteiger partial charge in [-0.1, -0.05) is 6.08 Å². The molecule has 0 aromatic heterocycles. The van der Waals surface area contributed by atoms with Crippen molar-refractivity contribution in [1.29, 1.82) is 0 Å². The lowest BCUT2D eigenvalue weighted by Crippen LogP contribution is -2.13. The van der Waals surface area contributed by atoms with E-state index in [0.717, 1.165) is 0 Å². The maximum Gasteiger partial charge on any atom is 0.337 e. The molecule has 3 heteroatoms. The molecule has 0 unspecified atom stereocenters. The number of ether oxygens (including phenoxy) is 1. The van der Waals surface area contributed by atoms with E-state index < -0.39 is 0 Å². The van der Waals surface area contributed by atoms with Crippen LogP contribution in [-0.4, -0.2) is 11.5 Å². The molecule has 2 radical (unpaired) electrons. The van der Waals surface area contributed by atoms with Crippen molar-refractivity contribution in [3.8, 4) is 0 Å². The first kappa shape index (κ1) is 5.41. The highest BCUT2D eigenvalue weighted by Crippen LogP contribution is 2.16. The second kappa shape index (κ2) is 1.80. The molecule has 0 N–H and O–H groups in total. The summed E-state index contributed by atoms with van der Waals surface area (Å²) in [4.78, 5) is 14.5. The van der Waals surface area contributed by atoms with Crippen molar-refractivity contribution in [2.45, 2.75) is 0 Å². The summed E-state index contributed by atoms with van der Waals surface area (Å²) in [6.07, 6.45) is 4.75. The monoisotopic (exact) mass is 133 g/mol. The Morgan fingerprint density at radius 1 is 1.60 bits per heavy atom. The molecule has 0 fully saturated rings. The maximum absolute atomic E-state index is 10.9. The normalized spacial score (nSPS) is 21.4. The molecule has 0 atom stereocenters. The Labute approximate surface area is 57.7 Å². The van der Waals surface area contributed by atoms with Crippen LogP contribution < -0.4 is 0 Å². The largest absolute Gasteiger partial charge is 0.451 e. The molecule has 10 heavy (non-hydrogen) atoms. The number of nitrogens with zero attached hydrogens (tertiary/aromatic N) is 1. The van der Waals surface area contributed by atoms with Gasteiger partial charge in [-0.2, -0.15) is 0 Å². The third-order valence-corrected chi connectivity index (χ3v) is 1.28. The van der Waals surface area contributed by atoms with E-state index in [-0.39, 0.29) is 5.78 Å². The lowest BCUT2D eigenvalue weighted by atomic mass is 10.1. The standard InChI is InChI=1S/C7H3NO2/c9-5-2-1-3-6-7(5)8-4-10-6/h1-3H. The number of aliphatic imine (C=N–C) groups is 1. The second-order valence-electron chi connectivity index (χ2n) is 1.91. The van der Waals surface area contributed by atoms with Crippen LogP contribution in [0, 0.1) is 6.73 Å². The van der Waals surface area contributed by atoms with E-state index in [1.165, 1.54) is 6.08 Å². The molecule has 0 amide bonds. The molecule has 0 saturated carbocycles. The third kappa shape index (κ3) is 0.603. The van der Waals surface area contributed by atoms with E-state index in [2.05, 4.69) is 11.7 Å². The highest BCUT2D eigenvalue weighted by Gasteiger charge is 2.23. The number of hydrogen-bond acceptors (Lipinski definition) is 3. The van der Waals surface area contributed by atoms with Gasteiger partial charge in [-0.25, -0.2) is 4.99 Å². The maximum atomic E-state index is 10.9. The zero-order chi connectivity index (χ0) is 6.97. The quantitative estimate of drug-likeness (QED) is 0.451. The topological polar surface area (TPSA) is 38.7 Å². The molecule has 1 aliphatic carbocycles. The van der Waals surface area contributed by atoms with Gasteiger partial charge in [0.2, 0.25) is 5.78 Å². The van der Waals surface area contributed by atoms with Crippen molar-refractivity contribution in [3.05, 3.63) is 30.7 Å². The Morgan fingerprint density at radius 3 is 3.30 bits per heavy atom. The number of fused-ring (bicyclic) bond motifs is 1. The smallest absolute Gasteiger partial charge is 0.337 e. The Balaban J connectivity index is 2.48. The van der Waals surface area contributed by atoms with Crippen LogP contribution in [0.3, 0.4) is 0 Å². The van der Waals surface area contributed by atoms with Crippen LogP contribution in [0.5, 0.6) is 0 Å². The molecule has 2 aliphatic rings. The highest BCUT2D eigenvalue weighted by atomic mass is 16.5. The molecule has 0 saturated heterocycles. The van der Waals surface area contributed by atoms with Gasteiger partial charge < -0.3 is 4.74 Å². The van der Waals surface area contributed by atoms with Gasteiger partial charge in [0.05, 0.1) is 0 Å². The fraction of sp³-hybridized carbons (Fsp3) is 0. The highest BCUT2D eigenvalue weighted by molar-refractivity contribution is 6.50. The summed E-state index contributed by atoms with van der Waals surface area (Å²) >= 11 is 0. The molecular formula is C7H3NO2. The Kier molecular flexibility index (Phi) is 0.974. The minimum Gasteiger partial charge on any atom is -0.451 e. The molecule has 2 rings (SSSR count). The first-order valence-corrected chi connectivity index (χ1v) is 2.80. The van der Waals surface area contributed by atoms with E-state index in [0.29, 0.717) is 11.5 Å². The molecule has 3 nitrogen and oxygen atoms in total. The van der Waals surface area contributed by atoms with Crippen molar-refractivity contribution in [2.24, 2.45) is 4.99 Å². The van der Waals surface area contributed by atoms with Gasteiger partial charge in [0.25, 0.3) is 0 Å². The molecule has 0 spiro atoms. The van der Waals surface area contributed by atoms with Crippen LogP contribution in [-0.2, 0) is 9.53 Å². The summed E-state index contributed by atoms with van der Waals surface area (Å²) in [6.45, 7) is 2.25. The minimum atomic E-state index is -0.123. The van der Waals surface area contributed by atoms with Crippen molar-refractivity contribution < 1.29 is 9.53 Å². The van der Waals surface area contributed by atoms with Gasteiger partial charge in [-0.3, -0.25) is 4.79 Å². The summed E-state index contributed by atoms with van der Waals surface area (Å²) in [7, 11) is 0. The van der Waals surface area contributed by atoms with E-state index >= 15 is 0 Å². The summed E-state index contributed by atoms with van der Waals surface area (Å²) < 4.78 is 4.76. The number of hydrogen-bond donors (Lipinski definition) is 0. The van der Waals surface area contributed by atoms with Crippen LogP contribution in [0.4, 0.5) is 0 Å². The Bertz CT molecular complexity index is 273. The predicted octanol–water partition coefficient (Wildman–Crippen LogP) is 0.477. The van der Waals surface area contributed by atoms with Crippen molar-refractivity contribution in [3.63, 3.8) is 0 Å². The molecule has 1 aliphatic heterocycles. The zero-order valence-corrected chi connectivity index (χ0v) is 5.00. The van der Waals surface area contributed by atoms with E-state index in [1.54, 1.807) is 12.2 Å². The van der Waals surface area contributed by atoms with Crippen molar-refractivity contribution in [2.75, 3.05) is 0 Å². The third-order valence-electron chi connectivity index (χ3n) is 1.28. The molecule has 0 aromatic rings. The molecule has 1 heterocycles. The number of rotatable bonds is 0. The van der Waals surface area contributed by atoms with Crippen molar-refractivity contribution >= 4 is 11.5 Å². The zero-order valence-electron chi connectivity index (χ0n) is 5.00. The van der Waals surface area contributed by atoms with E-state index in [9.17, 15) is 4.79 Å². The number of carbonyl (C=O) groups excluding carboxylic acids is 1. The molecule has 0 aromatic carbocycles. The fourth-order valence-electron chi connectivity index (χ4n) is 0.812. The van der Waals surface area contributed by atoms with Crippen LogP contribution in [0.15, 0.2) is 29.0 Å². The summed E-state index contributed by atoms with van der Waals surface area (Å²) in [5.74, 6) is 0.370. The SMILES string of the molecule is O=C1C=CC=C2O[C]N=C12. The lowest BCUT2D eigenvalue weighted by molar-refractivity contribution is -0.108. The number of ketones is 1. The average molecular weight is 133 g/mol. The fourth-order valence-corrected chi connectivity index (χ4v) is 0.812. The van der Waals surface area contributed by atoms with Gasteiger partial charge in [0.1, 0.15) is 0 Å². The number of carbonyl (C=O) groups is 1. The van der Waals surface area contributed by atoms with Gasteiger partial charge in [-0.15, -0.1) is 0 Å². The predicted molar refractivity (Wildman–Crippen MR) is 34.0 cm³/mol.